The third-order valence-electron chi connectivity index (χ3n) is 4.61. The van der Waals surface area contributed by atoms with E-state index in [0.29, 0.717) is 30.2 Å². The average molecular weight is 467 g/mol. The van der Waals surface area contributed by atoms with Gasteiger partial charge in [0.15, 0.2) is 5.13 Å². The number of aromatic nitrogens is 2. The number of sulfonamides is 1. The summed E-state index contributed by atoms with van der Waals surface area (Å²) in [5.41, 5.74) is 0.681. The van der Waals surface area contributed by atoms with Gasteiger partial charge in [0, 0.05) is 48.3 Å². The minimum atomic E-state index is -3.62. The van der Waals surface area contributed by atoms with Crippen molar-refractivity contribution in [2.45, 2.75) is 11.3 Å². The molecule has 2 N–H and O–H groups in total. The zero-order valence-corrected chi connectivity index (χ0v) is 18.2. The number of halogens is 1. The summed E-state index contributed by atoms with van der Waals surface area (Å²) < 4.78 is 40.7. The maximum atomic E-state index is 13.8. The topological polar surface area (TPSA) is 95.2 Å². The van der Waals surface area contributed by atoms with Gasteiger partial charge >= 0.3 is 0 Å². The van der Waals surface area contributed by atoms with E-state index >= 15 is 0 Å². The van der Waals surface area contributed by atoms with Crippen molar-refractivity contribution in [3.8, 4) is 0 Å². The lowest BCUT2D eigenvalue weighted by molar-refractivity contribution is 0.102. The van der Waals surface area contributed by atoms with Crippen molar-refractivity contribution in [3.05, 3.63) is 64.7 Å². The third kappa shape index (κ3) is 4.59. The molecule has 0 aliphatic carbocycles. The minimum absolute atomic E-state index is 0.0685. The Morgan fingerprint density at radius 1 is 1.27 bits per heavy atom. The number of hydrogen-bond acceptors (Lipinski definition) is 6. The second-order valence-corrected chi connectivity index (χ2v) is 10.9. The van der Waals surface area contributed by atoms with Crippen molar-refractivity contribution >= 4 is 44.2 Å². The van der Waals surface area contributed by atoms with Crippen molar-refractivity contribution < 1.29 is 17.6 Å². The molecule has 0 atom stereocenters. The fourth-order valence-electron chi connectivity index (χ4n) is 3.03. The quantitative estimate of drug-likeness (QED) is 0.582. The van der Waals surface area contributed by atoms with Crippen LogP contribution in [-0.4, -0.2) is 53.2 Å². The SMILES string of the molecule is O=C(Nc1ncc(Cc2ccccc2F)s1)c1cc(S(=O)(=O)N2CCSCC2)c[nH]1. The highest BCUT2D eigenvalue weighted by Crippen LogP contribution is 2.24. The summed E-state index contributed by atoms with van der Waals surface area (Å²) in [6.45, 7) is 0.924. The zero-order valence-electron chi connectivity index (χ0n) is 15.8. The lowest BCUT2D eigenvalue weighted by atomic mass is 10.1. The molecule has 1 aromatic carbocycles. The van der Waals surface area contributed by atoms with E-state index in [1.54, 1.807) is 36.2 Å². The molecule has 1 fully saturated rings. The van der Waals surface area contributed by atoms with E-state index in [4.69, 9.17) is 0 Å². The maximum absolute atomic E-state index is 13.8. The molecule has 158 valence electrons. The normalized spacial score (nSPS) is 15.2. The number of thiazole rings is 1. The molecule has 1 aliphatic heterocycles. The van der Waals surface area contributed by atoms with Crippen molar-refractivity contribution in [3.63, 3.8) is 0 Å². The number of thioether (sulfide) groups is 1. The van der Waals surface area contributed by atoms with Crippen LogP contribution in [0.5, 0.6) is 0 Å². The third-order valence-corrected chi connectivity index (χ3v) is 8.34. The highest BCUT2D eigenvalue weighted by Gasteiger charge is 2.28. The average Bonchev–Trinajstić information content (AvgIpc) is 3.41. The van der Waals surface area contributed by atoms with Crippen molar-refractivity contribution in [1.82, 2.24) is 14.3 Å². The second kappa shape index (κ2) is 8.88. The molecule has 0 spiro atoms. The van der Waals surface area contributed by atoms with Gasteiger partial charge in [0.2, 0.25) is 10.0 Å². The van der Waals surface area contributed by atoms with E-state index in [-0.39, 0.29) is 16.4 Å². The van der Waals surface area contributed by atoms with E-state index in [0.717, 1.165) is 16.4 Å². The molecule has 0 bridgehead atoms. The summed E-state index contributed by atoms with van der Waals surface area (Å²) in [6.07, 6.45) is 3.29. The number of aromatic amines is 1. The molecule has 3 aromatic rings. The molecule has 1 aliphatic rings. The van der Waals surface area contributed by atoms with Gasteiger partial charge in [0.25, 0.3) is 5.91 Å². The van der Waals surface area contributed by atoms with Crippen LogP contribution in [0.2, 0.25) is 0 Å². The van der Waals surface area contributed by atoms with Gasteiger partial charge in [-0.05, 0) is 17.7 Å². The fourth-order valence-corrected chi connectivity index (χ4v) is 6.43. The van der Waals surface area contributed by atoms with Gasteiger partial charge in [0.05, 0.1) is 0 Å². The number of amides is 1. The molecule has 0 unspecified atom stereocenters. The Hall–Kier alpha value is -2.21. The van der Waals surface area contributed by atoms with Gasteiger partial charge in [-0.25, -0.2) is 17.8 Å². The van der Waals surface area contributed by atoms with Crippen LogP contribution in [0.3, 0.4) is 0 Å². The summed E-state index contributed by atoms with van der Waals surface area (Å²) >= 11 is 2.96. The Bertz CT molecular complexity index is 1150. The molecular weight excluding hydrogens is 447 g/mol. The maximum Gasteiger partial charge on any atom is 0.273 e. The molecule has 1 amide bonds. The van der Waals surface area contributed by atoms with Gasteiger partial charge in [-0.1, -0.05) is 18.2 Å². The standard InChI is InChI=1S/C19H19FN4O3S3/c20-16-4-2-1-3-13(16)9-14-11-22-19(29-14)23-18(25)17-10-15(12-21-17)30(26,27)24-5-7-28-8-6-24/h1-4,10-12,21H,5-9H2,(H,22,23,25). The predicted octanol–water partition coefficient (Wildman–Crippen LogP) is 3.19. The summed E-state index contributed by atoms with van der Waals surface area (Å²) in [5.74, 6) is 0.744. The highest BCUT2D eigenvalue weighted by molar-refractivity contribution is 7.99. The molecule has 30 heavy (non-hydrogen) atoms. The second-order valence-electron chi connectivity index (χ2n) is 6.62. The molecule has 1 saturated heterocycles. The molecule has 0 radical (unpaired) electrons. The number of nitrogens with one attached hydrogen (secondary N) is 2. The summed E-state index contributed by atoms with van der Waals surface area (Å²) in [6, 6.07) is 7.84. The number of nitrogens with zero attached hydrogens (tertiary/aromatic N) is 2. The first-order chi connectivity index (χ1) is 14.4. The van der Waals surface area contributed by atoms with Gasteiger partial charge in [0.1, 0.15) is 16.4 Å². The summed E-state index contributed by atoms with van der Waals surface area (Å²) in [4.78, 5) is 20.3. The number of anilines is 1. The molecule has 11 heteroatoms. The molecular formula is C19H19FN4O3S3. The summed E-state index contributed by atoms with van der Waals surface area (Å²) in [5, 5.41) is 3.01. The van der Waals surface area contributed by atoms with Crippen molar-refractivity contribution in [1.29, 1.82) is 0 Å². The van der Waals surface area contributed by atoms with E-state index in [1.165, 1.54) is 34.0 Å². The monoisotopic (exact) mass is 466 g/mol. The smallest absolute Gasteiger partial charge is 0.273 e. The van der Waals surface area contributed by atoms with Crippen LogP contribution in [0.25, 0.3) is 0 Å². The number of benzene rings is 1. The number of H-pyrrole nitrogens is 1. The molecule has 2 aromatic heterocycles. The van der Waals surface area contributed by atoms with E-state index < -0.39 is 15.9 Å². The largest absolute Gasteiger partial charge is 0.356 e. The lowest BCUT2D eigenvalue weighted by Crippen LogP contribution is -2.37. The Kier molecular flexibility index (Phi) is 6.23. The van der Waals surface area contributed by atoms with Crippen LogP contribution in [0, 0.1) is 5.82 Å². The van der Waals surface area contributed by atoms with Crippen LogP contribution in [-0.2, 0) is 16.4 Å². The molecule has 7 nitrogen and oxygen atoms in total. The van der Waals surface area contributed by atoms with Gasteiger partial charge in [-0.15, -0.1) is 11.3 Å². The van der Waals surface area contributed by atoms with Gasteiger partial charge in [-0.3, -0.25) is 10.1 Å². The molecule has 3 heterocycles. The highest BCUT2D eigenvalue weighted by atomic mass is 32.2. The Labute approximate surface area is 181 Å². The van der Waals surface area contributed by atoms with Crippen LogP contribution < -0.4 is 5.32 Å². The van der Waals surface area contributed by atoms with Gasteiger partial charge in [-0.2, -0.15) is 16.1 Å². The number of rotatable bonds is 6. The summed E-state index contributed by atoms with van der Waals surface area (Å²) in [7, 11) is -3.62. The van der Waals surface area contributed by atoms with Crippen LogP contribution in [0.4, 0.5) is 9.52 Å². The van der Waals surface area contributed by atoms with Crippen LogP contribution in [0.15, 0.2) is 47.6 Å². The van der Waals surface area contributed by atoms with Gasteiger partial charge < -0.3 is 4.98 Å². The molecule has 0 saturated carbocycles. The number of hydrogen-bond donors (Lipinski definition) is 2. The van der Waals surface area contributed by atoms with Crippen molar-refractivity contribution in [2.24, 2.45) is 0 Å². The van der Waals surface area contributed by atoms with E-state index in [9.17, 15) is 17.6 Å². The van der Waals surface area contributed by atoms with E-state index in [1.807, 2.05) is 0 Å². The first-order valence-corrected chi connectivity index (χ1v) is 12.6. The Morgan fingerprint density at radius 2 is 2.03 bits per heavy atom. The lowest BCUT2D eigenvalue weighted by Gasteiger charge is -2.24. The van der Waals surface area contributed by atoms with Crippen molar-refractivity contribution in [2.75, 3.05) is 29.9 Å². The first-order valence-electron chi connectivity index (χ1n) is 9.19. The number of carbonyl (C=O) groups excluding carboxylic acids is 1. The fraction of sp³-hybridized carbons (Fsp3) is 0.263. The van der Waals surface area contributed by atoms with Crippen LogP contribution in [0.1, 0.15) is 20.9 Å². The first kappa shape index (κ1) is 21.0. The Morgan fingerprint density at radius 3 is 2.80 bits per heavy atom. The molecule has 4 rings (SSSR count). The predicted molar refractivity (Wildman–Crippen MR) is 116 cm³/mol. The zero-order chi connectivity index (χ0) is 21.1. The Balaban J connectivity index is 1.43. The minimum Gasteiger partial charge on any atom is -0.356 e. The number of carbonyl (C=O) groups is 1. The van der Waals surface area contributed by atoms with Crippen LogP contribution >= 0.6 is 23.1 Å². The van der Waals surface area contributed by atoms with E-state index in [2.05, 4.69) is 15.3 Å².